The summed E-state index contributed by atoms with van der Waals surface area (Å²) >= 11 is 0. The standard InChI is InChI=1S/C19H21N3O5S/c1-28(25,26)22-11-4-8-17(22)19(24)27-13-18(23)15-12-21(10-5-9-20)16-7-3-2-6-14(15)16/h2-3,6-7,12,17H,4-5,8,10-11,13H2,1H3/t17-/m0/s1. The van der Waals surface area contributed by atoms with Gasteiger partial charge in [-0.25, -0.2) is 8.42 Å². The van der Waals surface area contributed by atoms with Crippen LogP contribution in [0.5, 0.6) is 0 Å². The number of para-hydroxylation sites is 1. The smallest absolute Gasteiger partial charge is 0.324 e. The van der Waals surface area contributed by atoms with E-state index in [1.807, 2.05) is 22.8 Å². The van der Waals surface area contributed by atoms with Crippen LogP contribution in [-0.2, 0) is 26.1 Å². The van der Waals surface area contributed by atoms with Crippen molar-refractivity contribution in [3.05, 3.63) is 36.0 Å². The minimum Gasteiger partial charge on any atom is -0.456 e. The zero-order valence-corrected chi connectivity index (χ0v) is 16.3. The predicted molar refractivity (Wildman–Crippen MR) is 102 cm³/mol. The van der Waals surface area contributed by atoms with Crippen LogP contribution in [0, 0.1) is 11.3 Å². The Hall–Kier alpha value is -2.70. The SMILES string of the molecule is CS(=O)(=O)N1CCC[C@H]1C(=O)OCC(=O)c1cn(CCC#N)c2ccccc12. The summed E-state index contributed by atoms with van der Waals surface area (Å²) in [6.07, 6.45) is 3.99. The Bertz CT molecular complexity index is 1050. The largest absolute Gasteiger partial charge is 0.456 e. The van der Waals surface area contributed by atoms with E-state index in [0.29, 0.717) is 31.4 Å². The molecule has 0 amide bonds. The first-order chi connectivity index (χ1) is 13.3. The topological polar surface area (TPSA) is 109 Å². The van der Waals surface area contributed by atoms with E-state index in [9.17, 15) is 18.0 Å². The third kappa shape index (κ3) is 4.08. The predicted octanol–water partition coefficient (Wildman–Crippen LogP) is 1.70. The van der Waals surface area contributed by atoms with Gasteiger partial charge in [0.25, 0.3) is 0 Å². The van der Waals surface area contributed by atoms with Gasteiger partial charge in [-0.1, -0.05) is 18.2 Å². The molecule has 0 aliphatic carbocycles. The molecule has 1 aliphatic rings. The van der Waals surface area contributed by atoms with E-state index >= 15 is 0 Å². The Kier molecular flexibility index (Phi) is 5.82. The summed E-state index contributed by atoms with van der Waals surface area (Å²) in [4.78, 5) is 25.0. The van der Waals surface area contributed by atoms with Crippen molar-refractivity contribution in [1.82, 2.24) is 8.87 Å². The second-order valence-electron chi connectivity index (χ2n) is 6.72. The highest BCUT2D eigenvalue weighted by Gasteiger charge is 2.37. The molecule has 0 radical (unpaired) electrons. The monoisotopic (exact) mass is 403 g/mol. The van der Waals surface area contributed by atoms with Crippen molar-refractivity contribution in [2.45, 2.75) is 31.8 Å². The van der Waals surface area contributed by atoms with Gasteiger partial charge >= 0.3 is 5.97 Å². The number of benzene rings is 1. The van der Waals surface area contributed by atoms with Gasteiger partial charge in [-0.2, -0.15) is 9.57 Å². The number of hydrogen-bond donors (Lipinski definition) is 0. The highest BCUT2D eigenvalue weighted by atomic mass is 32.2. The number of fused-ring (bicyclic) bond motifs is 1. The van der Waals surface area contributed by atoms with E-state index in [0.717, 1.165) is 21.5 Å². The number of Topliss-reactive ketones (excluding diaryl/α,β-unsaturated/α-hetero) is 1. The highest BCUT2D eigenvalue weighted by molar-refractivity contribution is 7.88. The second kappa shape index (κ2) is 8.12. The molecule has 0 bridgehead atoms. The fourth-order valence-electron chi connectivity index (χ4n) is 3.51. The number of aryl methyl sites for hydroxylation is 1. The zero-order chi connectivity index (χ0) is 20.3. The molecule has 1 aromatic heterocycles. The van der Waals surface area contributed by atoms with E-state index in [1.54, 1.807) is 12.3 Å². The molecule has 1 aromatic carbocycles. The van der Waals surface area contributed by atoms with E-state index in [-0.39, 0.29) is 12.3 Å². The molecule has 0 spiro atoms. The third-order valence-corrected chi connectivity index (χ3v) is 6.09. The van der Waals surface area contributed by atoms with E-state index in [2.05, 4.69) is 6.07 Å². The lowest BCUT2D eigenvalue weighted by atomic mass is 10.1. The van der Waals surface area contributed by atoms with Gasteiger partial charge in [-0.05, 0) is 18.9 Å². The van der Waals surface area contributed by atoms with Gasteiger partial charge < -0.3 is 9.30 Å². The molecular formula is C19H21N3O5S. The maximum absolute atomic E-state index is 12.7. The van der Waals surface area contributed by atoms with Gasteiger partial charge in [0.1, 0.15) is 6.04 Å². The van der Waals surface area contributed by atoms with Crippen molar-refractivity contribution in [2.24, 2.45) is 0 Å². The van der Waals surface area contributed by atoms with Crippen molar-refractivity contribution in [3.8, 4) is 6.07 Å². The number of aromatic nitrogens is 1. The van der Waals surface area contributed by atoms with Gasteiger partial charge in [0.2, 0.25) is 15.8 Å². The maximum Gasteiger partial charge on any atom is 0.324 e. The lowest BCUT2D eigenvalue weighted by Gasteiger charge is -2.20. The fraction of sp³-hybridized carbons (Fsp3) is 0.421. The van der Waals surface area contributed by atoms with Crippen LogP contribution in [0.15, 0.2) is 30.5 Å². The first-order valence-electron chi connectivity index (χ1n) is 8.94. The average molecular weight is 403 g/mol. The van der Waals surface area contributed by atoms with Crippen LogP contribution >= 0.6 is 0 Å². The Morgan fingerprint density at radius 3 is 2.79 bits per heavy atom. The molecule has 1 aliphatic heterocycles. The third-order valence-electron chi connectivity index (χ3n) is 4.80. The molecule has 0 N–H and O–H groups in total. The number of esters is 1. The molecule has 148 valence electrons. The first kappa shape index (κ1) is 20.0. The lowest BCUT2D eigenvalue weighted by Crippen LogP contribution is -2.41. The Labute approximate surface area is 163 Å². The molecule has 0 saturated carbocycles. The fourth-order valence-corrected chi connectivity index (χ4v) is 4.62. The minimum absolute atomic E-state index is 0.277. The van der Waals surface area contributed by atoms with Gasteiger partial charge in [0.05, 0.1) is 18.7 Å². The van der Waals surface area contributed by atoms with Crippen LogP contribution in [-0.4, -0.2) is 54.5 Å². The van der Waals surface area contributed by atoms with Gasteiger partial charge in [-0.3, -0.25) is 9.59 Å². The number of ether oxygens (including phenoxy) is 1. The highest BCUT2D eigenvalue weighted by Crippen LogP contribution is 2.24. The summed E-state index contributed by atoms with van der Waals surface area (Å²) in [5, 5.41) is 9.53. The number of rotatable bonds is 7. The zero-order valence-electron chi connectivity index (χ0n) is 15.5. The van der Waals surface area contributed by atoms with Crippen LogP contribution in [0.4, 0.5) is 0 Å². The minimum atomic E-state index is -3.50. The Morgan fingerprint density at radius 2 is 2.07 bits per heavy atom. The summed E-state index contributed by atoms with van der Waals surface area (Å²) in [6.45, 7) is 0.271. The Morgan fingerprint density at radius 1 is 1.32 bits per heavy atom. The van der Waals surface area contributed by atoms with Crippen LogP contribution in [0.25, 0.3) is 10.9 Å². The number of ketones is 1. The molecule has 1 saturated heterocycles. The van der Waals surface area contributed by atoms with Crippen molar-refractivity contribution >= 4 is 32.7 Å². The molecule has 2 heterocycles. The quantitative estimate of drug-likeness (QED) is 0.514. The number of carbonyl (C=O) groups excluding carboxylic acids is 2. The molecule has 8 nitrogen and oxygen atoms in total. The normalized spacial score (nSPS) is 17.5. The Balaban J connectivity index is 1.73. The van der Waals surface area contributed by atoms with Crippen LogP contribution in [0.2, 0.25) is 0 Å². The van der Waals surface area contributed by atoms with E-state index < -0.39 is 28.6 Å². The van der Waals surface area contributed by atoms with Gasteiger partial charge in [0, 0.05) is 35.8 Å². The average Bonchev–Trinajstić information content (AvgIpc) is 3.29. The van der Waals surface area contributed by atoms with E-state index in [4.69, 9.17) is 10.00 Å². The van der Waals surface area contributed by atoms with Gasteiger partial charge in [0.15, 0.2) is 6.61 Å². The number of nitrogens with zero attached hydrogens (tertiary/aromatic N) is 3. The molecule has 28 heavy (non-hydrogen) atoms. The molecule has 2 aromatic rings. The van der Waals surface area contributed by atoms with E-state index in [1.165, 1.54) is 0 Å². The number of sulfonamides is 1. The van der Waals surface area contributed by atoms with Crippen LogP contribution in [0.1, 0.15) is 29.6 Å². The van der Waals surface area contributed by atoms with Gasteiger partial charge in [-0.15, -0.1) is 0 Å². The lowest BCUT2D eigenvalue weighted by molar-refractivity contribution is -0.146. The van der Waals surface area contributed by atoms with Crippen molar-refractivity contribution in [1.29, 1.82) is 5.26 Å². The molecule has 9 heteroatoms. The summed E-state index contributed by atoms with van der Waals surface area (Å²) in [7, 11) is -3.50. The molecule has 1 atom stereocenters. The molecule has 0 unspecified atom stereocenters. The molecular weight excluding hydrogens is 382 g/mol. The maximum atomic E-state index is 12.7. The summed E-state index contributed by atoms with van der Waals surface area (Å²) in [5.41, 5.74) is 1.24. The first-order valence-corrected chi connectivity index (χ1v) is 10.8. The summed E-state index contributed by atoms with van der Waals surface area (Å²) < 4.78 is 31.6. The number of hydrogen-bond acceptors (Lipinski definition) is 6. The van der Waals surface area contributed by atoms with Crippen LogP contribution in [0.3, 0.4) is 0 Å². The van der Waals surface area contributed by atoms with Crippen LogP contribution < -0.4 is 0 Å². The van der Waals surface area contributed by atoms with Crippen molar-refractivity contribution < 1.29 is 22.7 Å². The number of nitriles is 1. The summed E-state index contributed by atoms with van der Waals surface area (Å²) in [5.74, 6) is -1.08. The van der Waals surface area contributed by atoms with Crippen molar-refractivity contribution in [3.63, 3.8) is 0 Å². The number of carbonyl (C=O) groups is 2. The van der Waals surface area contributed by atoms with Crippen molar-refractivity contribution in [2.75, 3.05) is 19.4 Å². The molecule has 1 fully saturated rings. The molecule has 3 rings (SSSR count). The second-order valence-corrected chi connectivity index (χ2v) is 8.66. The summed E-state index contributed by atoms with van der Waals surface area (Å²) in [6, 6.07) is 8.52.